The van der Waals surface area contributed by atoms with Gasteiger partial charge in [0, 0.05) is 19.3 Å². The van der Waals surface area contributed by atoms with Gasteiger partial charge in [0.15, 0.2) is 0 Å². The number of aromatic nitrogens is 3. The maximum Gasteiger partial charge on any atom is 0.228 e. The number of rotatable bonds is 3. The van der Waals surface area contributed by atoms with Crippen LogP contribution in [0.2, 0.25) is 0 Å². The molecule has 20 heavy (non-hydrogen) atoms. The quantitative estimate of drug-likeness (QED) is 0.873. The van der Waals surface area contributed by atoms with Gasteiger partial charge in [0.1, 0.15) is 5.69 Å². The molecule has 5 nitrogen and oxygen atoms in total. The molecule has 1 N–H and O–H groups in total. The molecule has 0 bridgehead atoms. The van der Waals surface area contributed by atoms with Crippen molar-refractivity contribution >= 4 is 21.7 Å². The van der Waals surface area contributed by atoms with Crippen molar-refractivity contribution in [3.8, 4) is 0 Å². The molecule has 0 saturated carbocycles. The maximum absolute atomic E-state index is 12.7. The van der Waals surface area contributed by atoms with Crippen molar-refractivity contribution in [2.45, 2.75) is 18.9 Å². The zero-order chi connectivity index (χ0) is 14.1. The van der Waals surface area contributed by atoms with E-state index in [1.165, 1.54) is 0 Å². The van der Waals surface area contributed by atoms with Gasteiger partial charge in [-0.25, -0.2) is 0 Å². The molecule has 0 aromatic carbocycles. The van der Waals surface area contributed by atoms with Crippen LogP contribution in [0.3, 0.4) is 0 Å². The fourth-order valence-electron chi connectivity index (χ4n) is 2.78. The highest BCUT2D eigenvalue weighted by Gasteiger charge is 2.23. The minimum Gasteiger partial charge on any atom is -0.342 e. The van der Waals surface area contributed by atoms with Crippen LogP contribution in [-0.4, -0.2) is 33.2 Å². The van der Waals surface area contributed by atoms with Crippen LogP contribution in [0, 0.1) is 0 Å². The van der Waals surface area contributed by atoms with Crippen LogP contribution in [0.15, 0.2) is 29.0 Å². The summed E-state index contributed by atoms with van der Waals surface area (Å²) in [5, 5.41) is 7.47. The Bertz CT molecular complexity index is 605. The van der Waals surface area contributed by atoms with E-state index in [1.807, 2.05) is 18.3 Å². The van der Waals surface area contributed by atoms with Crippen LogP contribution < -0.4 is 5.32 Å². The highest BCUT2D eigenvalue weighted by Crippen LogP contribution is 2.25. The Balaban J connectivity index is 1.95. The lowest BCUT2D eigenvalue weighted by Gasteiger charge is -2.25. The molecule has 0 aliphatic carbocycles. The van der Waals surface area contributed by atoms with Crippen LogP contribution in [0.1, 0.15) is 35.1 Å². The number of nitrogens with one attached hydrogen (secondary N) is 1. The number of aryl methyl sites for hydroxylation is 1. The monoisotopic (exact) mass is 336 g/mol. The highest BCUT2D eigenvalue weighted by atomic mass is 79.9. The number of halogens is 1. The lowest BCUT2D eigenvalue weighted by atomic mass is 10.1. The van der Waals surface area contributed by atoms with E-state index in [-0.39, 0.29) is 5.78 Å². The summed E-state index contributed by atoms with van der Waals surface area (Å²) in [6, 6.07) is 4.24. The van der Waals surface area contributed by atoms with Crippen LogP contribution in [-0.2, 0) is 7.05 Å². The first-order valence-corrected chi connectivity index (χ1v) is 7.57. The zero-order valence-electron chi connectivity index (χ0n) is 11.3. The average molecular weight is 337 g/mol. The standard InChI is InChI=1S/C14H17BrN4O/c1-18-13(11(15)9-17-18)14(20)12-3-2-8-19(12)10-4-6-16-7-5-10/h2-3,8-10,16H,4-7H2,1H3. The van der Waals surface area contributed by atoms with Gasteiger partial charge < -0.3 is 9.88 Å². The van der Waals surface area contributed by atoms with Gasteiger partial charge in [-0.05, 0) is 54.0 Å². The number of nitrogens with zero attached hydrogens (tertiary/aromatic N) is 3. The Labute approximate surface area is 126 Å². The van der Waals surface area contributed by atoms with Crippen molar-refractivity contribution < 1.29 is 4.79 Å². The first kappa shape index (κ1) is 13.6. The number of carbonyl (C=O) groups excluding carboxylic acids is 1. The summed E-state index contributed by atoms with van der Waals surface area (Å²) >= 11 is 3.40. The molecule has 1 fully saturated rings. The van der Waals surface area contributed by atoms with E-state index in [2.05, 4.69) is 30.9 Å². The molecule has 0 unspecified atom stereocenters. The van der Waals surface area contributed by atoms with Gasteiger partial charge in [0.05, 0.1) is 16.4 Å². The summed E-state index contributed by atoms with van der Waals surface area (Å²) in [5.41, 5.74) is 1.33. The minimum atomic E-state index is 0.0143. The molecule has 0 amide bonds. The summed E-state index contributed by atoms with van der Waals surface area (Å²) in [6.45, 7) is 2.01. The lowest BCUT2D eigenvalue weighted by Crippen LogP contribution is -2.30. The fraction of sp³-hybridized carbons (Fsp3) is 0.429. The zero-order valence-corrected chi connectivity index (χ0v) is 12.9. The maximum atomic E-state index is 12.7. The van der Waals surface area contributed by atoms with Crippen LogP contribution in [0.4, 0.5) is 0 Å². The Kier molecular flexibility index (Phi) is 3.76. The molecule has 106 valence electrons. The number of carbonyl (C=O) groups is 1. The van der Waals surface area contributed by atoms with Gasteiger partial charge in [-0.1, -0.05) is 0 Å². The molecule has 1 saturated heterocycles. The van der Waals surface area contributed by atoms with Crippen molar-refractivity contribution in [3.05, 3.63) is 40.4 Å². The SMILES string of the molecule is Cn1ncc(Br)c1C(=O)c1cccn1C1CCNCC1. The fourth-order valence-corrected chi connectivity index (χ4v) is 3.31. The summed E-state index contributed by atoms with van der Waals surface area (Å²) < 4.78 is 4.47. The molecule has 3 rings (SSSR count). The topological polar surface area (TPSA) is 51.9 Å². The highest BCUT2D eigenvalue weighted by molar-refractivity contribution is 9.10. The summed E-state index contributed by atoms with van der Waals surface area (Å²) in [5.74, 6) is 0.0143. The lowest BCUT2D eigenvalue weighted by molar-refractivity contribution is 0.101. The van der Waals surface area contributed by atoms with E-state index in [4.69, 9.17) is 0 Å². The second-order valence-electron chi connectivity index (χ2n) is 5.08. The predicted molar refractivity (Wildman–Crippen MR) is 79.9 cm³/mol. The molecule has 0 radical (unpaired) electrons. The summed E-state index contributed by atoms with van der Waals surface area (Å²) in [4.78, 5) is 12.7. The molecule has 2 aromatic rings. The van der Waals surface area contributed by atoms with Crippen LogP contribution in [0.5, 0.6) is 0 Å². The normalized spacial score (nSPS) is 16.5. The molecular weight excluding hydrogens is 320 g/mol. The largest absolute Gasteiger partial charge is 0.342 e. The Morgan fingerprint density at radius 2 is 2.20 bits per heavy atom. The third kappa shape index (κ3) is 2.33. The van der Waals surface area contributed by atoms with Crippen molar-refractivity contribution in [3.63, 3.8) is 0 Å². The van der Waals surface area contributed by atoms with Gasteiger partial charge >= 0.3 is 0 Å². The first-order valence-electron chi connectivity index (χ1n) is 6.78. The average Bonchev–Trinajstić information content (AvgIpc) is 3.07. The van der Waals surface area contributed by atoms with Crippen LogP contribution in [0.25, 0.3) is 0 Å². The smallest absolute Gasteiger partial charge is 0.228 e. The molecule has 1 aliphatic rings. The van der Waals surface area contributed by atoms with Gasteiger partial charge in [-0.2, -0.15) is 5.10 Å². The third-order valence-electron chi connectivity index (χ3n) is 3.82. The number of hydrogen-bond acceptors (Lipinski definition) is 3. The molecule has 6 heteroatoms. The molecular formula is C14H17BrN4O. The van der Waals surface area contributed by atoms with E-state index in [9.17, 15) is 4.79 Å². The Morgan fingerprint density at radius 1 is 1.45 bits per heavy atom. The van der Waals surface area contributed by atoms with E-state index >= 15 is 0 Å². The van der Waals surface area contributed by atoms with Crippen molar-refractivity contribution in [1.29, 1.82) is 0 Å². The molecule has 3 heterocycles. The molecule has 0 atom stereocenters. The second-order valence-corrected chi connectivity index (χ2v) is 5.93. The van der Waals surface area contributed by atoms with E-state index in [0.717, 1.165) is 36.1 Å². The Hall–Kier alpha value is -1.40. The molecule has 0 spiro atoms. The van der Waals surface area contributed by atoms with Gasteiger partial charge in [0.25, 0.3) is 0 Å². The van der Waals surface area contributed by atoms with Gasteiger partial charge in [0.2, 0.25) is 5.78 Å². The molecule has 1 aliphatic heterocycles. The second kappa shape index (κ2) is 5.54. The number of ketones is 1. The van der Waals surface area contributed by atoms with E-state index in [1.54, 1.807) is 17.9 Å². The minimum absolute atomic E-state index is 0.0143. The number of hydrogen-bond donors (Lipinski definition) is 1. The predicted octanol–water partition coefficient (Wildman–Crippen LogP) is 2.14. The van der Waals surface area contributed by atoms with Gasteiger partial charge in [-0.15, -0.1) is 0 Å². The summed E-state index contributed by atoms with van der Waals surface area (Å²) in [7, 11) is 1.79. The van der Waals surface area contributed by atoms with E-state index < -0.39 is 0 Å². The Morgan fingerprint density at radius 3 is 2.85 bits per heavy atom. The van der Waals surface area contributed by atoms with Crippen molar-refractivity contribution in [1.82, 2.24) is 19.7 Å². The van der Waals surface area contributed by atoms with Crippen LogP contribution >= 0.6 is 15.9 Å². The molecule has 2 aromatic heterocycles. The van der Waals surface area contributed by atoms with Gasteiger partial charge in [-0.3, -0.25) is 9.48 Å². The van der Waals surface area contributed by atoms with E-state index in [0.29, 0.717) is 11.7 Å². The third-order valence-corrected chi connectivity index (χ3v) is 4.40. The summed E-state index contributed by atoms with van der Waals surface area (Å²) in [6.07, 6.45) is 5.78. The number of piperidine rings is 1. The first-order chi connectivity index (χ1) is 9.68. The van der Waals surface area contributed by atoms with Crippen molar-refractivity contribution in [2.75, 3.05) is 13.1 Å². The van der Waals surface area contributed by atoms with Crippen molar-refractivity contribution in [2.24, 2.45) is 7.05 Å².